The molecule has 6 nitrogen and oxygen atoms in total. The molecule has 0 unspecified atom stereocenters. The molecule has 0 bridgehead atoms. The van der Waals surface area contributed by atoms with Gasteiger partial charge in [-0.15, -0.1) is 0 Å². The van der Waals surface area contributed by atoms with Crippen molar-refractivity contribution in [3.05, 3.63) is 42.4 Å². The summed E-state index contributed by atoms with van der Waals surface area (Å²) in [6.45, 7) is 0. The van der Waals surface area contributed by atoms with Crippen LogP contribution in [0.5, 0.6) is 0 Å². The molecule has 0 radical (unpaired) electrons. The summed E-state index contributed by atoms with van der Waals surface area (Å²) in [5.41, 5.74) is 2.09. The Kier molecular flexibility index (Phi) is 2.58. The zero-order chi connectivity index (χ0) is 13.2. The van der Waals surface area contributed by atoms with Crippen molar-refractivity contribution in [3.8, 4) is 11.8 Å². The number of benzene rings is 1. The van der Waals surface area contributed by atoms with E-state index in [2.05, 4.69) is 26.5 Å². The van der Waals surface area contributed by atoms with E-state index in [-0.39, 0.29) is 0 Å². The minimum absolute atomic E-state index is 0.587. The Labute approximate surface area is 109 Å². The second-order valence-corrected chi connectivity index (χ2v) is 3.93. The van der Waals surface area contributed by atoms with Crippen LogP contribution >= 0.6 is 0 Å². The van der Waals surface area contributed by atoms with Crippen molar-refractivity contribution in [1.82, 2.24) is 19.7 Å². The summed E-state index contributed by atoms with van der Waals surface area (Å²) < 4.78 is 1.69. The van der Waals surface area contributed by atoms with Crippen LogP contribution in [0.3, 0.4) is 0 Å². The van der Waals surface area contributed by atoms with Gasteiger partial charge in [0, 0.05) is 7.05 Å². The van der Waals surface area contributed by atoms with Crippen molar-refractivity contribution in [2.24, 2.45) is 0 Å². The van der Waals surface area contributed by atoms with Gasteiger partial charge in [-0.1, -0.05) is 6.07 Å². The Balaban J connectivity index is 2.23. The Bertz CT molecular complexity index is 783. The van der Waals surface area contributed by atoms with Crippen molar-refractivity contribution >= 4 is 16.9 Å². The molecule has 0 spiro atoms. The molecule has 6 heteroatoms. The van der Waals surface area contributed by atoms with Gasteiger partial charge in [0.15, 0.2) is 5.65 Å². The second kappa shape index (κ2) is 4.38. The smallest absolute Gasteiger partial charge is 0.168 e. The van der Waals surface area contributed by atoms with Gasteiger partial charge in [-0.2, -0.15) is 10.4 Å². The number of nitrogens with one attached hydrogen (secondary N) is 1. The molecule has 19 heavy (non-hydrogen) atoms. The molecule has 0 aliphatic rings. The lowest BCUT2D eigenvalue weighted by molar-refractivity contribution is 0.894. The largest absolute Gasteiger partial charge is 0.372 e. The first-order valence-corrected chi connectivity index (χ1v) is 5.70. The maximum atomic E-state index is 8.94. The number of hydrogen-bond acceptors (Lipinski definition) is 5. The number of hydrogen-bond donors (Lipinski definition) is 1. The highest BCUT2D eigenvalue weighted by molar-refractivity contribution is 5.86. The first-order chi connectivity index (χ1) is 9.33. The molecule has 1 aromatic carbocycles. The van der Waals surface area contributed by atoms with Gasteiger partial charge in [0.1, 0.15) is 12.1 Å². The molecule has 0 fully saturated rings. The molecule has 2 aromatic heterocycles. The molecule has 0 aliphatic carbocycles. The van der Waals surface area contributed by atoms with E-state index in [1.807, 2.05) is 12.1 Å². The molecule has 92 valence electrons. The number of fused-ring (bicyclic) bond motifs is 1. The standard InChI is InChI=1S/C13H10N6/c1-15-12-11-7-18-19(13(11)17-8-16-12)10-4-2-3-9(5-10)6-14/h2-5,7-8H,1H3,(H,15,16,17). The van der Waals surface area contributed by atoms with E-state index in [1.165, 1.54) is 6.33 Å². The number of rotatable bonds is 2. The summed E-state index contributed by atoms with van der Waals surface area (Å²) in [7, 11) is 1.80. The molecule has 2 heterocycles. The molecule has 3 aromatic rings. The topological polar surface area (TPSA) is 79.4 Å². The second-order valence-electron chi connectivity index (χ2n) is 3.93. The quantitative estimate of drug-likeness (QED) is 0.749. The van der Waals surface area contributed by atoms with Gasteiger partial charge in [-0.3, -0.25) is 0 Å². The van der Waals surface area contributed by atoms with Gasteiger partial charge < -0.3 is 5.32 Å². The lowest BCUT2D eigenvalue weighted by Crippen LogP contribution is -1.99. The highest BCUT2D eigenvalue weighted by atomic mass is 15.3. The van der Waals surface area contributed by atoms with E-state index in [0.717, 1.165) is 16.9 Å². The number of anilines is 1. The van der Waals surface area contributed by atoms with Gasteiger partial charge in [-0.25, -0.2) is 14.6 Å². The Morgan fingerprint density at radius 2 is 2.21 bits per heavy atom. The van der Waals surface area contributed by atoms with Crippen LogP contribution in [0.4, 0.5) is 5.82 Å². The fourth-order valence-electron chi connectivity index (χ4n) is 1.94. The third-order valence-electron chi connectivity index (χ3n) is 2.82. The SMILES string of the molecule is CNc1ncnc2c1cnn2-c1cccc(C#N)c1. The normalized spacial score (nSPS) is 10.3. The number of nitriles is 1. The molecule has 0 aliphatic heterocycles. The Morgan fingerprint density at radius 1 is 1.32 bits per heavy atom. The lowest BCUT2D eigenvalue weighted by Gasteiger charge is -2.04. The van der Waals surface area contributed by atoms with Crippen LogP contribution in [0, 0.1) is 11.3 Å². The van der Waals surface area contributed by atoms with Gasteiger partial charge in [0.05, 0.1) is 28.9 Å². The van der Waals surface area contributed by atoms with Crippen LogP contribution in [-0.4, -0.2) is 26.8 Å². The van der Waals surface area contributed by atoms with Crippen LogP contribution in [0.25, 0.3) is 16.7 Å². The molecule has 0 saturated carbocycles. The van der Waals surface area contributed by atoms with E-state index < -0.39 is 0 Å². The summed E-state index contributed by atoms with van der Waals surface area (Å²) in [6, 6.07) is 9.34. The number of aromatic nitrogens is 4. The predicted molar refractivity (Wildman–Crippen MR) is 70.9 cm³/mol. The van der Waals surface area contributed by atoms with Crippen molar-refractivity contribution in [3.63, 3.8) is 0 Å². The van der Waals surface area contributed by atoms with Gasteiger partial charge in [0.25, 0.3) is 0 Å². The first-order valence-electron chi connectivity index (χ1n) is 5.70. The third kappa shape index (κ3) is 1.77. The zero-order valence-electron chi connectivity index (χ0n) is 10.2. The first kappa shape index (κ1) is 11.2. The van der Waals surface area contributed by atoms with E-state index in [1.54, 1.807) is 30.1 Å². The summed E-state index contributed by atoms with van der Waals surface area (Å²) in [5.74, 6) is 0.729. The molecule has 0 amide bonds. The lowest BCUT2D eigenvalue weighted by atomic mass is 10.2. The van der Waals surface area contributed by atoms with E-state index in [0.29, 0.717) is 11.2 Å². The van der Waals surface area contributed by atoms with Crippen LogP contribution < -0.4 is 5.32 Å². The third-order valence-corrected chi connectivity index (χ3v) is 2.82. The van der Waals surface area contributed by atoms with Crippen LogP contribution in [-0.2, 0) is 0 Å². The summed E-state index contributed by atoms with van der Waals surface area (Å²) in [4.78, 5) is 8.39. The van der Waals surface area contributed by atoms with Crippen LogP contribution in [0.2, 0.25) is 0 Å². The highest BCUT2D eigenvalue weighted by Gasteiger charge is 2.10. The fraction of sp³-hybridized carbons (Fsp3) is 0.0769. The molecule has 1 N–H and O–H groups in total. The minimum Gasteiger partial charge on any atom is -0.372 e. The van der Waals surface area contributed by atoms with Crippen molar-refractivity contribution in [2.75, 3.05) is 12.4 Å². The van der Waals surface area contributed by atoms with Crippen molar-refractivity contribution in [1.29, 1.82) is 5.26 Å². The summed E-state index contributed by atoms with van der Waals surface area (Å²) >= 11 is 0. The van der Waals surface area contributed by atoms with Gasteiger partial charge in [0.2, 0.25) is 0 Å². The fourth-order valence-corrected chi connectivity index (χ4v) is 1.94. The van der Waals surface area contributed by atoms with Crippen molar-refractivity contribution < 1.29 is 0 Å². The maximum absolute atomic E-state index is 8.94. The molecular weight excluding hydrogens is 240 g/mol. The highest BCUT2D eigenvalue weighted by Crippen LogP contribution is 2.21. The van der Waals surface area contributed by atoms with E-state index in [4.69, 9.17) is 5.26 Å². The van der Waals surface area contributed by atoms with Crippen molar-refractivity contribution in [2.45, 2.75) is 0 Å². The monoisotopic (exact) mass is 250 g/mol. The van der Waals surface area contributed by atoms with Crippen LogP contribution in [0.15, 0.2) is 36.8 Å². The Morgan fingerprint density at radius 3 is 3.00 bits per heavy atom. The minimum atomic E-state index is 0.587. The zero-order valence-corrected chi connectivity index (χ0v) is 10.2. The average Bonchev–Trinajstić information content (AvgIpc) is 2.91. The summed E-state index contributed by atoms with van der Waals surface area (Å²) in [5, 5.41) is 17.1. The Hall–Kier alpha value is -2.94. The molecule has 0 saturated heterocycles. The molecular formula is C13H10N6. The van der Waals surface area contributed by atoms with E-state index in [9.17, 15) is 0 Å². The molecule has 0 atom stereocenters. The summed E-state index contributed by atoms with van der Waals surface area (Å²) in [6.07, 6.45) is 3.20. The van der Waals surface area contributed by atoms with Gasteiger partial charge >= 0.3 is 0 Å². The average molecular weight is 250 g/mol. The predicted octanol–water partition coefficient (Wildman–Crippen LogP) is 1.73. The number of nitrogens with zero attached hydrogens (tertiary/aromatic N) is 5. The van der Waals surface area contributed by atoms with E-state index >= 15 is 0 Å². The maximum Gasteiger partial charge on any atom is 0.168 e. The van der Waals surface area contributed by atoms with Gasteiger partial charge in [-0.05, 0) is 18.2 Å². The van der Waals surface area contributed by atoms with Crippen LogP contribution in [0.1, 0.15) is 5.56 Å². The molecule has 3 rings (SSSR count).